The van der Waals surface area contributed by atoms with Crippen LogP contribution in [0, 0.1) is 0 Å². The predicted octanol–water partition coefficient (Wildman–Crippen LogP) is 8.39. The molecule has 0 spiro atoms. The molecule has 0 aromatic heterocycles. The van der Waals surface area contributed by atoms with Crippen molar-refractivity contribution in [3.8, 4) is 33.4 Å². The molecule has 8 N–H and O–H groups in total. The zero-order valence-electron chi connectivity index (χ0n) is 22.3. The van der Waals surface area contributed by atoms with Crippen molar-refractivity contribution in [3.63, 3.8) is 0 Å². The van der Waals surface area contributed by atoms with E-state index in [-0.39, 0.29) is 0 Å². The molecule has 0 aliphatic carbocycles. The molecule has 6 aromatic carbocycles. The number of nitrogen functional groups attached to an aromatic ring is 4. The lowest BCUT2D eigenvalue weighted by atomic mass is 10.1. The van der Waals surface area contributed by atoms with Crippen molar-refractivity contribution >= 4 is 22.7 Å². The Balaban J connectivity index is 0.000000139. The molecule has 198 valence electrons. The van der Waals surface area contributed by atoms with Crippen molar-refractivity contribution in [1.29, 1.82) is 0 Å². The van der Waals surface area contributed by atoms with Crippen molar-refractivity contribution in [2.24, 2.45) is 0 Å². The Labute approximate surface area is 236 Å². The van der Waals surface area contributed by atoms with E-state index in [0.717, 1.165) is 45.0 Å². The highest BCUT2D eigenvalue weighted by atomic mass is 14.5. The Morgan fingerprint density at radius 2 is 0.525 bits per heavy atom. The molecule has 40 heavy (non-hydrogen) atoms. The van der Waals surface area contributed by atoms with Gasteiger partial charge >= 0.3 is 0 Å². The van der Waals surface area contributed by atoms with E-state index < -0.39 is 0 Å². The molecule has 6 aromatic rings. The lowest BCUT2D eigenvalue weighted by Gasteiger charge is -2.02. The number of hydrogen-bond donors (Lipinski definition) is 4. The summed E-state index contributed by atoms with van der Waals surface area (Å²) in [6.45, 7) is 0. The molecule has 0 aliphatic heterocycles. The second-order valence-electron chi connectivity index (χ2n) is 9.22. The lowest BCUT2D eigenvalue weighted by molar-refractivity contribution is 1.61. The summed E-state index contributed by atoms with van der Waals surface area (Å²) in [7, 11) is 0. The molecule has 0 aliphatic rings. The molecule has 0 fully saturated rings. The standard InChI is InChI=1S/2C12H12N2.C12H10/c13-11-5-1-9(2-6-11)10-3-7-12(14)8-4-10;13-11-6-4-9(5-7-11)10-2-1-3-12(14)8-10;1-3-7-11(8-4-1)12-9-5-2-6-10-12/h2*1-8H,13-14H2;1-10H. The van der Waals surface area contributed by atoms with E-state index in [9.17, 15) is 0 Å². The zero-order valence-corrected chi connectivity index (χ0v) is 22.3. The molecule has 0 saturated carbocycles. The third-order valence-electron chi connectivity index (χ3n) is 6.17. The van der Waals surface area contributed by atoms with Crippen LogP contribution in [0.15, 0.2) is 158 Å². The maximum atomic E-state index is 5.70. The molecule has 0 saturated heterocycles. The average Bonchev–Trinajstić information content (AvgIpc) is 3.00. The van der Waals surface area contributed by atoms with Crippen LogP contribution in [0.25, 0.3) is 33.4 Å². The van der Waals surface area contributed by atoms with Crippen LogP contribution in [0.4, 0.5) is 22.7 Å². The van der Waals surface area contributed by atoms with Crippen LogP contribution < -0.4 is 22.9 Å². The van der Waals surface area contributed by atoms with Crippen molar-refractivity contribution < 1.29 is 0 Å². The summed E-state index contributed by atoms with van der Waals surface area (Å²) in [5, 5.41) is 0. The van der Waals surface area contributed by atoms with E-state index in [1.807, 2.05) is 109 Å². The van der Waals surface area contributed by atoms with Crippen LogP contribution in [0.5, 0.6) is 0 Å². The first-order chi connectivity index (χ1) is 19.5. The summed E-state index contributed by atoms with van der Waals surface area (Å²) < 4.78 is 0. The first-order valence-corrected chi connectivity index (χ1v) is 13.0. The van der Waals surface area contributed by atoms with Crippen molar-refractivity contribution in [2.75, 3.05) is 22.9 Å². The van der Waals surface area contributed by atoms with Crippen molar-refractivity contribution in [1.82, 2.24) is 0 Å². The van der Waals surface area contributed by atoms with Crippen LogP contribution in [0.1, 0.15) is 0 Å². The fourth-order valence-electron chi connectivity index (χ4n) is 4.01. The highest BCUT2D eigenvalue weighted by Crippen LogP contribution is 2.23. The molecule has 0 atom stereocenters. The van der Waals surface area contributed by atoms with Crippen LogP contribution in [0.3, 0.4) is 0 Å². The number of nitrogens with two attached hydrogens (primary N) is 4. The van der Waals surface area contributed by atoms with Gasteiger partial charge in [0.1, 0.15) is 0 Å². The monoisotopic (exact) mass is 522 g/mol. The van der Waals surface area contributed by atoms with Gasteiger partial charge in [0.2, 0.25) is 0 Å². The van der Waals surface area contributed by atoms with E-state index in [1.165, 1.54) is 11.1 Å². The first-order valence-electron chi connectivity index (χ1n) is 13.0. The number of hydrogen-bond acceptors (Lipinski definition) is 4. The number of rotatable bonds is 3. The van der Waals surface area contributed by atoms with Crippen LogP contribution in [0.2, 0.25) is 0 Å². The fraction of sp³-hybridized carbons (Fsp3) is 0. The quantitative estimate of drug-likeness (QED) is 0.175. The summed E-state index contributed by atoms with van der Waals surface area (Å²) in [6.07, 6.45) is 0. The first kappa shape index (κ1) is 27.6. The minimum atomic E-state index is 0.776. The summed E-state index contributed by atoms with van der Waals surface area (Å²) in [4.78, 5) is 0. The summed E-state index contributed by atoms with van der Waals surface area (Å²) >= 11 is 0. The zero-order chi connectivity index (χ0) is 28.2. The van der Waals surface area contributed by atoms with Gasteiger partial charge in [-0.2, -0.15) is 0 Å². The van der Waals surface area contributed by atoms with Gasteiger partial charge in [0.15, 0.2) is 0 Å². The van der Waals surface area contributed by atoms with Crippen LogP contribution in [-0.4, -0.2) is 0 Å². The minimum absolute atomic E-state index is 0.776. The highest BCUT2D eigenvalue weighted by molar-refractivity contribution is 5.69. The number of benzene rings is 6. The van der Waals surface area contributed by atoms with Gasteiger partial charge in [-0.25, -0.2) is 0 Å². The fourth-order valence-corrected chi connectivity index (χ4v) is 4.01. The Kier molecular flexibility index (Phi) is 9.57. The van der Waals surface area contributed by atoms with Gasteiger partial charge in [0.25, 0.3) is 0 Å². The van der Waals surface area contributed by atoms with Gasteiger partial charge < -0.3 is 22.9 Å². The molecular formula is C36H34N4. The Bertz CT molecular complexity index is 1500. The summed E-state index contributed by atoms with van der Waals surface area (Å²) in [5.41, 5.74) is 32.7. The van der Waals surface area contributed by atoms with Gasteiger partial charge in [-0.15, -0.1) is 0 Å². The lowest BCUT2D eigenvalue weighted by Crippen LogP contribution is -1.86. The van der Waals surface area contributed by atoms with Gasteiger partial charge in [-0.3, -0.25) is 0 Å². The molecule has 0 radical (unpaired) electrons. The number of anilines is 4. The van der Waals surface area contributed by atoms with Crippen LogP contribution >= 0.6 is 0 Å². The Morgan fingerprint density at radius 1 is 0.225 bits per heavy atom. The van der Waals surface area contributed by atoms with Gasteiger partial charge in [-0.1, -0.05) is 109 Å². The summed E-state index contributed by atoms with van der Waals surface area (Å²) in [6, 6.07) is 51.9. The maximum Gasteiger partial charge on any atom is 0.0320 e. The molecular weight excluding hydrogens is 488 g/mol. The molecule has 6 rings (SSSR count). The minimum Gasteiger partial charge on any atom is -0.399 e. The predicted molar refractivity (Wildman–Crippen MR) is 173 cm³/mol. The second-order valence-corrected chi connectivity index (χ2v) is 9.22. The van der Waals surface area contributed by atoms with Crippen molar-refractivity contribution in [2.45, 2.75) is 0 Å². The van der Waals surface area contributed by atoms with Gasteiger partial charge in [-0.05, 0) is 81.9 Å². The molecule has 4 heteroatoms. The topological polar surface area (TPSA) is 104 Å². The SMILES string of the molecule is Nc1ccc(-c2ccc(N)cc2)cc1.Nc1ccc(-c2cccc(N)c2)cc1.c1ccc(-c2ccccc2)cc1. The second kappa shape index (κ2) is 13.9. The van der Waals surface area contributed by atoms with Gasteiger partial charge in [0.05, 0.1) is 0 Å². The van der Waals surface area contributed by atoms with E-state index >= 15 is 0 Å². The van der Waals surface area contributed by atoms with E-state index in [0.29, 0.717) is 0 Å². The smallest absolute Gasteiger partial charge is 0.0320 e. The highest BCUT2D eigenvalue weighted by Gasteiger charge is 1.97. The van der Waals surface area contributed by atoms with E-state index in [1.54, 1.807) is 0 Å². The molecule has 4 nitrogen and oxygen atoms in total. The molecule has 0 unspecified atom stereocenters. The van der Waals surface area contributed by atoms with Crippen LogP contribution in [-0.2, 0) is 0 Å². The average molecular weight is 523 g/mol. The largest absolute Gasteiger partial charge is 0.399 e. The van der Waals surface area contributed by atoms with Crippen molar-refractivity contribution in [3.05, 3.63) is 158 Å². The Morgan fingerprint density at radius 3 is 0.875 bits per heavy atom. The van der Waals surface area contributed by atoms with Gasteiger partial charge in [0, 0.05) is 22.7 Å². The maximum absolute atomic E-state index is 5.70. The summed E-state index contributed by atoms with van der Waals surface area (Å²) in [5.74, 6) is 0. The molecule has 0 heterocycles. The molecule has 0 amide bonds. The Hall–Kier alpha value is -5.48. The third-order valence-corrected chi connectivity index (χ3v) is 6.17. The van der Waals surface area contributed by atoms with E-state index in [4.69, 9.17) is 22.9 Å². The molecule has 0 bridgehead atoms. The normalized spacial score (nSPS) is 9.90. The third kappa shape index (κ3) is 8.27. The van der Waals surface area contributed by atoms with E-state index in [2.05, 4.69) is 48.5 Å².